The van der Waals surface area contributed by atoms with E-state index in [0.717, 1.165) is 18.7 Å². The maximum atomic E-state index is 5.35. The van der Waals surface area contributed by atoms with Crippen LogP contribution in [0, 0.1) is 6.92 Å². The third kappa shape index (κ3) is 3.46. The highest BCUT2D eigenvalue weighted by Gasteiger charge is 2.06. The molecule has 0 bridgehead atoms. The Balaban J connectivity index is 1.80. The molecular formula is C15H19NO. The molecule has 0 amide bonds. The van der Waals surface area contributed by atoms with Crippen LogP contribution in [-0.4, -0.2) is 6.54 Å². The van der Waals surface area contributed by atoms with Gasteiger partial charge in [-0.2, -0.15) is 0 Å². The number of benzene rings is 1. The fourth-order valence-electron chi connectivity index (χ4n) is 1.94. The molecule has 90 valence electrons. The second-order valence-electron chi connectivity index (χ2n) is 4.43. The number of aryl methyl sites for hydroxylation is 1. The molecule has 0 fully saturated rings. The van der Waals surface area contributed by atoms with E-state index < -0.39 is 0 Å². The summed E-state index contributed by atoms with van der Waals surface area (Å²) in [6.45, 7) is 5.21. The van der Waals surface area contributed by atoms with Gasteiger partial charge in [-0.1, -0.05) is 29.8 Å². The van der Waals surface area contributed by atoms with Crippen LogP contribution in [0.1, 0.15) is 29.9 Å². The molecule has 1 N–H and O–H groups in total. The molecule has 2 rings (SSSR count). The highest BCUT2D eigenvalue weighted by Crippen LogP contribution is 2.12. The van der Waals surface area contributed by atoms with Gasteiger partial charge in [0.15, 0.2) is 0 Å². The zero-order valence-electron chi connectivity index (χ0n) is 10.4. The van der Waals surface area contributed by atoms with Crippen LogP contribution in [0.15, 0.2) is 47.1 Å². The average Bonchev–Trinajstić information content (AvgIpc) is 2.82. The molecule has 1 heterocycles. The van der Waals surface area contributed by atoms with Crippen LogP contribution in [0.3, 0.4) is 0 Å². The van der Waals surface area contributed by atoms with Crippen molar-refractivity contribution in [1.82, 2.24) is 5.32 Å². The van der Waals surface area contributed by atoms with Gasteiger partial charge < -0.3 is 9.73 Å². The lowest BCUT2D eigenvalue weighted by atomic mass is 10.1. The lowest BCUT2D eigenvalue weighted by molar-refractivity contribution is 0.432. The SMILES string of the molecule is Cc1cccc(CCNC(C)c2ccco2)c1. The van der Waals surface area contributed by atoms with Gasteiger partial charge in [0.25, 0.3) is 0 Å². The zero-order valence-corrected chi connectivity index (χ0v) is 10.4. The van der Waals surface area contributed by atoms with Crippen LogP contribution < -0.4 is 5.32 Å². The quantitative estimate of drug-likeness (QED) is 0.849. The molecule has 1 aromatic heterocycles. The van der Waals surface area contributed by atoms with Crippen molar-refractivity contribution in [3.05, 3.63) is 59.5 Å². The van der Waals surface area contributed by atoms with Crippen molar-refractivity contribution < 1.29 is 4.42 Å². The van der Waals surface area contributed by atoms with Gasteiger partial charge in [0.2, 0.25) is 0 Å². The Morgan fingerprint density at radius 2 is 2.12 bits per heavy atom. The highest BCUT2D eigenvalue weighted by molar-refractivity contribution is 5.22. The van der Waals surface area contributed by atoms with E-state index in [1.807, 2.05) is 12.1 Å². The predicted octanol–water partition coefficient (Wildman–Crippen LogP) is 3.48. The molecular weight excluding hydrogens is 210 g/mol. The van der Waals surface area contributed by atoms with Crippen molar-refractivity contribution in [3.8, 4) is 0 Å². The molecule has 2 heteroatoms. The van der Waals surface area contributed by atoms with E-state index in [1.165, 1.54) is 11.1 Å². The van der Waals surface area contributed by atoms with Gasteiger partial charge >= 0.3 is 0 Å². The molecule has 1 unspecified atom stereocenters. The van der Waals surface area contributed by atoms with Gasteiger partial charge in [-0.25, -0.2) is 0 Å². The van der Waals surface area contributed by atoms with Crippen molar-refractivity contribution in [2.45, 2.75) is 26.3 Å². The first-order valence-corrected chi connectivity index (χ1v) is 6.08. The fraction of sp³-hybridized carbons (Fsp3) is 0.333. The largest absolute Gasteiger partial charge is 0.468 e. The number of nitrogens with one attached hydrogen (secondary N) is 1. The van der Waals surface area contributed by atoms with Crippen molar-refractivity contribution in [2.24, 2.45) is 0 Å². The number of rotatable bonds is 5. The molecule has 2 aromatic rings. The van der Waals surface area contributed by atoms with E-state index in [-0.39, 0.29) is 6.04 Å². The first kappa shape index (κ1) is 11.9. The van der Waals surface area contributed by atoms with Gasteiger partial charge in [-0.15, -0.1) is 0 Å². The molecule has 2 nitrogen and oxygen atoms in total. The molecule has 17 heavy (non-hydrogen) atoms. The Labute approximate surface area is 103 Å². The van der Waals surface area contributed by atoms with Crippen molar-refractivity contribution in [3.63, 3.8) is 0 Å². The first-order valence-electron chi connectivity index (χ1n) is 6.08. The minimum atomic E-state index is 0.273. The van der Waals surface area contributed by atoms with E-state index in [4.69, 9.17) is 4.42 Å². The topological polar surface area (TPSA) is 25.2 Å². The first-order chi connectivity index (χ1) is 8.25. The summed E-state index contributed by atoms with van der Waals surface area (Å²) < 4.78 is 5.35. The fourth-order valence-corrected chi connectivity index (χ4v) is 1.94. The Morgan fingerprint density at radius 1 is 1.24 bits per heavy atom. The van der Waals surface area contributed by atoms with E-state index in [2.05, 4.69) is 43.4 Å². The molecule has 0 aliphatic heterocycles. The summed E-state index contributed by atoms with van der Waals surface area (Å²) >= 11 is 0. The maximum absolute atomic E-state index is 5.35. The molecule has 0 saturated carbocycles. The second kappa shape index (κ2) is 5.69. The van der Waals surface area contributed by atoms with Gasteiger partial charge in [0, 0.05) is 0 Å². The third-order valence-corrected chi connectivity index (χ3v) is 2.92. The highest BCUT2D eigenvalue weighted by atomic mass is 16.3. The van der Waals surface area contributed by atoms with Crippen LogP contribution in [0.2, 0.25) is 0 Å². The minimum Gasteiger partial charge on any atom is -0.468 e. The van der Waals surface area contributed by atoms with Gasteiger partial charge in [-0.3, -0.25) is 0 Å². The van der Waals surface area contributed by atoms with Gasteiger partial charge in [0.05, 0.1) is 12.3 Å². The molecule has 0 saturated heterocycles. The number of hydrogen-bond acceptors (Lipinski definition) is 2. The molecule has 0 aliphatic rings. The van der Waals surface area contributed by atoms with Gasteiger partial charge in [-0.05, 0) is 44.5 Å². The smallest absolute Gasteiger partial charge is 0.120 e. The summed E-state index contributed by atoms with van der Waals surface area (Å²) in [6.07, 6.45) is 2.76. The maximum Gasteiger partial charge on any atom is 0.120 e. The molecule has 0 radical (unpaired) electrons. The molecule has 0 spiro atoms. The summed E-state index contributed by atoms with van der Waals surface area (Å²) in [6, 6.07) is 12.8. The summed E-state index contributed by atoms with van der Waals surface area (Å²) in [4.78, 5) is 0. The van der Waals surface area contributed by atoms with Crippen LogP contribution in [0.25, 0.3) is 0 Å². The standard InChI is InChI=1S/C15H19NO/c1-12-5-3-6-14(11-12)8-9-16-13(2)15-7-4-10-17-15/h3-7,10-11,13,16H,8-9H2,1-2H3. The summed E-state index contributed by atoms with van der Waals surface area (Å²) in [5.41, 5.74) is 2.70. The van der Waals surface area contributed by atoms with E-state index in [9.17, 15) is 0 Å². The van der Waals surface area contributed by atoms with E-state index >= 15 is 0 Å². The Hall–Kier alpha value is -1.54. The van der Waals surface area contributed by atoms with Crippen LogP contribution in [-0.2, 0) is 6.42 Å². The Bertz CT molecular complexity index is 448. The van der Waals surface area contributed by atoms with Crippen LogP contribution >= 0.6 is 0 Å². The van der Waals surface area contributed by atoms with Crippen molar-refractivity contribution in [1.29, 1.82) is 0 Å². The van der Waals surface area contributed by atoms with E-state index in [0.29, 0.717) is 0 Å². The normalized spacial score (nSPS) is 12.6. The Kier molecular flexibility index (Phi) is 3.99. The van der Waals surface area contributed by atoms with Gasteiger partial charge in [0.1, 0.15) is 5.76 Å². The van der Waals surface area contributed by atoms with Crippen molar-refractivity contribution in [2.75, 3.05) is 6.54 Å². The van der Waals surface area contributed by atoms with E-state index in [1.54, 1.807) is 6.26 Å². The summed E-state index contributed by atoms with van der Waals surface area (Å²) in [5, 5.41) is 3.46. The van der Waals surface area contributed by atoms with Crippen molar-refractivity contribution >= 4 is 0 Å². The summed E-state index contributed by atoms with van der Waals surface area (Å²) in [5.74, 6) is 0.995. The lowest BCUT2D eigenvalue weighted by Gasteiger charge is -2.11. The molecule has 0 aliphatic carbocycles. The average molecular weight is 229 g/mol. The van der Waals surface area contributed by atoms with Crippen LogP contribution in [0.5, 0.6) is 0 Å². The zero-order chi connectivity index (χ0) is 12.1. The minimum absolute atomic E-state index is 0.273. The molecule has 1 atom stereocenters. The third-order valence-electron chi connectivity index (χ3n) is 2.92. The molecule has 1 aromatic carbocycles. The Morgan fingerprint density at radius 3 is 2.82 bits per heavy atom. The number of hydrogen-bond donors (Lipinski definition) is 1. The number of furan rings is 1. The monoisotopic (exact) mass is 229 g/mol. The summed E-state index contributed by atoms with van der Waals surface area (Å²) in [7, 11) is 0. The van der Waals surface area contributed by atoms with Crippen LogP contribution in [0.4, 0.5) is 0 Å². The predicted molar refractivity (Wildman–Crippen MR) is 70.0 cm³/mol. The lowest BCUT2D eigenvalue weighted by Crippen LogP contribution is -2.20. The second-order valence-corrected chi connectivity index (χ2v) is 4.43.